The highest BCUT2D eigenvalue weighted by molar-refractivity contribution is 5.85. The van der Waals surface area contributed by atoms with Gasteiger partial charge in [0.05, 0.1) is 18.8 Å². The number of carbonyl (C=O) groups is 1. The number of hydrogen-bond donors (Lipinski definition) is 0. The summed E-state index contributed by atoms with van der Waals surface area (Å²) in [6.45, 7) is 8.58. The average molecular weight is 673 g/mol. The van der Waals surface area contributed by atoms with Crippen molar-refractivity contribution < 1.29 is 19.0 Å². The molecule has 0 unspecified atom stereocenters. The fourth-order valence-electron chi connectivity index (χ4n) is 6.87. The number of nitrogens with zero attached hydrogens (tertiary/aromatic N) is 5. The molecule has 6 rings (SSSR count). The van der Waals surface area contributed by atoms with E-state index in [1.165, 1.54) is 11.1 Å². The van der Waals surface area contributed by atoms with Crippen LogP contribution in [0.15, 0.2) is 60.7 Å². The van der Waals surface area contributed by atoms with Crippen LogP contribution in [0.4, 0.5) is 0 Å². The first-order chi connectivity index (χ1) is 21.4. The fraction of sp³-hybridized carbons (Fsp3) is 0.514. The highest BCUT2D eigenvalue weighted by Gasteiger charge is 2.43. The number of hydrogen-bond acceptors (Lipinski definition) is 8. The van der Waals surface area contributed by atoms with Crippen molar-refractivity contribution in [3.63, 3.8) is 0 Å². The number of aromatic nitrogens is 2. The zero-order chi connectivity index (χ0) is 30.6. The number of methoxy groups -OCH3 is 2. The minimum absolute atomic E-state index is 0. The van der Waals surface area contributed by atoms with Gasteiger partial charge in [-0.2, -0.15) is 9.97 Å². The molecule has 1 amide bonds. The molecule has 46 heavy (non-hydrogen) atoms. The number of halogens is 2. The third-order valence-corrected chi connectivity index (χ3v) is 9.00. The van der Waals surface area contributed by atoms with Gasteiger partial charge in [-0.1, -0.05) is 60.7 Å². The summed E-state index contributed by atoms with van der Waals surface area (Å²) >= 11 is 0. The molecular weight excluding hydrogens is 625 g/mol. The second-order valence-electron chi connectivity index (χ2n) is 12.5. The first-order valence-corrected chi connectivity index (χ1v) is 15.9. The summed E-state index contributed by atoms with van der Waals surface area (Å²) in [6, 6.07) is 22.0. The van der Waals surface area contributed by atoms with Gasteiger partial charge in [0.25, 0.3) is 0 Å². The van der Waals surface area contributed by atoms with E-state index in [9.17, 15) is 4.79 Å². The Morgan fingerprint density at radius 1 is 0.870 bits per heavy atom. The number of rotatable bonds is 11. The van der Waals surface area contributed by atoms with E-state index >= 15 is 0 Å². The minimum atomic E-state index is -0.0238. The summed E-state index contributed by atoms with van der Waals surface area (Å²) in [5.41, 5.74) is 3.47. The van der Waals surface area contributed by atoms with Crippen molar-refractivity contribution in [1.82, 2.24) is 24.7 Å². The predicted octanol–water partition coefficient (Wildman–Crippen LogP) is 5.17. The molecule has 250 valence electrons. The van der Waals surface area contributed by atoms with Crippen LogP contribution in [0.5, 0.6) is 11.8 Å². The summed E-state index contributed by atoms with van der Waals surface area (Å²) in [7, 11) is 3.27. The third-order valence-electron chi connectivity index (χ3n) is 9.00. The van der Waals surface area contributed by atoms with Crippen molar-refractivity contribution in [2.75, 3.05) is 53.6 Å². The Labute approximate surface area is 285 Å². The molecule has 2 saturated heterocycles. The molecule has 2 aromatic carbocycles. The van der Waals surface area contributed by atoms with Crippen molar-refractivity contribution in [2.45, 2.75) is 63.3 Å². The fourth-order valence-corrected chi connectivity index (χ4v) is 6.87. The zero-order valence-corrected chi connectivity index (χ0v) is 28.8. The monoisotopic (exact) mass is 671 g/mol. The maximum absolute atomic E-state index is 12.9. The van der Waals surface area contributed by atoms with E-state index in [1.807, 2.05) is 18.7 Å². The maximum Gasteiger partial charge on any atom is 0.248 e. The molecule has 11 heteroatoms. The molecule has 2 atom stereocenters. The van der Waals surface area contributed by atoms with Crippen molar-refractivity contribution in [1.29, 1.82) is 0 Å². The van der Waals surface area contributed by atoms with Crippen molar-refractivity contribution >= 4 is 30.7 Å². The summed E-state index contributed by atoms with van der Waals surface area (Å²) in [4.78, 5) is 29.8. The van der Waals surface area contributed by atoms with Crippen LogP contribution in [0.1, 0.15) is 61.0 Å². The van der Waals surface area contributed by atoms with Crippen LogP contribution in [0, 0.1) is 0 Å². The number of benzene rings is 2. The number of carbonyl (C=O) groups excluding carboxylic acids is 1. The normalized spacial score (nSPS) is 20.1. The highest BCUT2D eigenvalue weighted by Crippen LogP contribution is 2.42. The largest absolute Gasteiger partial charge is 0.481 e. The Balaban J connectivity index is 0.00000240. The zero-order valence-electron chi connectivity index (χ0n) is 27.2. The standard InChI is InChI=1S/C35H45N5O4.2ClH/c1-24(2)44-35-29(34(43-4)36-33(37-35)27-15-16-27)21-38-19-28-20-39(31(41)23-42-3)17-18-40(28)30(22-38)32(25-11-7-5-8-12-25)26-13-9-6-10-14-26;;/h5-14,24,27-28,30,32H,15-23H2,1-4H3;2*1H/t28-,30+;;/m1../s1. The van der Waals surface area contributed by atoms with Crippen LogP contribution >= 0.6 is 24.8 Å². The van der Waals surface area contributed by atoms with Gasteiger partial charge in [-0.05, 0) is 37.8 Å². The van der Waals surface area contributed by atoms with E-state index in [-0.39, 0.29) is 61.4 Å². The van der Waals surface area contributed by atoms with E-state index in [2.05, 4.69) is 70.5 Å². The van der Waals surface area contributed by atoms with Crippen LogP contribution in [-0.4, -0.2) is 102 Å². The van der Waals surface area contributed by atoms with Gasteiger partial charge in [0.2, 0.25) is 17.7 Å². The second kappa shape index (κ2) is 16.2. The number of fused-ring (bicyclic) bond motifs is 1. The number of amides is 1. The lowest BCUT2D eigenvalue weighted by Crippen LogP contribution is -2.67. The van der Waals surface area contributed by atoms with Gasteiger partial charge in [-0.3, -0.25) is 14.6 Å². The highest BCUT2D eigenvalue weighted by atomic mass is 35.5. The Bertz CT molecular complexity index is 1370. The van der Waals surface area contributed by atoms with Gasteiger partial charge in [0, 0.05) is 70.3 Å². The van der Waals surface area contributed by atoms with E-state index < -0.39 is 0 Å². The van der Waals surface area contributed by atoms with Crippen molar-refractivity contribution in [3.05, 3.63) is 83.2 Å². The number of piperazine rings is 2. The Kier molecular flexibility index (Phi) is 12.7. The molecule has 2 aliphatic heterocycles. The van der Waals surface area contributed by atoms with Gasteiger partial charge < -0.3 is 19.1 Å². The summed E-state index contributed by atoms with van der Waals surface area (Å²) in [5.74, 6) is 2.62. The van der Waals surface area contributed by atoms with Gasteiger partial charge >= 0.3 is 0 Å². The Morgan fingerprint density at radius 3 is 2.07 bits per heavy atom. The lowest BCUT2D eigenvalue weighted by molar-refractivity contribution is -0.140. The first kappa shape index (κ1) is 35.9. The van der Waals surface area contributed by atoms with E-state index in [0.29, 0.717) is 37.3 Å². The molecule has 0 spiro atoms. The molecule has 9 nitrogen and oxygen atoms in total. The molecule has 3 heterocycles. The average Bonchev–Trinajstić information content (AvgIpc) is 3.88. The molecule has 0 N–H and O–H groups in total. The predicted molar refractivity (Wildman–Crippen MR) is 184 cm³/mol. The summed E-state index contributed by atoms with van der Waals surface area (Å²) in [6.07, 6.45) is 2.19. The maximum atomic E-state index is 12.9. The number of ether oxygens (including phenoxy) is 3. The van der Waals surface area contributed by atoms with Crippen LogP contribution in [-0.2, 0) is 16.1 Å². The third kappa shape index (κ3) is 8.12. The first-order valence-electron chi connectivity index (χ1n) is 15.9. The van der Waals surface area contributed by atoms with E-state index in [1.54, 1.807) is 14.2 Å². The van der Waals surface area contributed by atoms with Gasteiger partial charge in [-0.25, -0.2) is 0 Å². The SMILES string of the molecule is COCC(=O)N1CCN2[C@H](CN(Cc3c(OC)nc(C4CC4)nc3OC(C)C)C[C@H]2C(c2ccccc2)c2ccccc2)C1.Cl.Cl. The van der Waals surface area contributed by atoms with Gasteiger partial charge in [0.15, 0.2) is 0 Å². The molecule has 3 fully saturated rings. The molecule has 1 aromatic heterocycles. The van der Waals surface area contributed by atoms with Gasteiger partial charge in [-0.15, -0.1) is 24.8 Å². The van der Waals surface area contributed by atoms with Crippen LogP contribution in [0.2, 0.25) is 0 Å². The molecule has 3 aliphatic rings. The lowest BCUT2D eigenvalue weighted by Gasteiger charge is -2.53. The Hall–Kier alpha value is -2.95. The van der Waals surface area contributed by atoms with Crippen LogP contribution in [0.25, 0.3) is 0 Å². The molecule has 0 bridgehead atoms. The van der Waals surface area contributed by atoms with Crippen molar-refractivity contribution in [3.8, 4) is 11.8 Å². The van der Waals surface area contributed by atoms with Crippen LogP contribution in [0.3, 0.4) is 0 Å². The van der Waals surface area contributed by atoms with Crippen LogP contribution < -0.4 is 9.47 Å². The van der Waals surface area contributed by atoms with Crippen molar-refractivity contribution in [2.24, 2.45) is 0 Å². The topological polar surface area (TPSA) is 80.3 Å². The quantitative estimate of drug-likeness (QED) is 0.276. The molecule has 3 aromatic rings. The smallest absolute Gasteiger partial charge is 0.248 e. The molecule has 1 aliphatic carbocycles. The van der Waals surface area contributed by atoms with E-state index in [4.69, 9.17) is 24.2 Å². The summed E-state index contributed by atoms with van der Waals surface area (Å²) < 4.78 is 17.4. The minimum Gasteiger partial charge on any atom is -0.481 e. The Morgan fingerprint density at radius 2 is 1.50 bits per heavy atom. The van der Waals surface area contributed by atoms with E-state index in [0.717, 1.165) is 43.9 Å². The molecular formula is C35H47Cl2N5O4. The summed E-state index contributed by atoms with van der Waals surface area (Å²) in [5, 5.41) is 0. The van der Waals surface area contributed by atoms with Gasteiger partial charge in [0.1, 0.15) is 12.4 Å². The lowest BCUT2D eigenvalue weighted by atomic mass is 9.81. The second-order valence-corrected chi connectivity index (χ2v) is 12.5. The molecule has 1 saturated carbocycles. The molecule has 0 radical (unpaired) electrons.